The molecule has 124 valence electrons. The lowest BCUT2D eigenvalue weighted by Gasteiger charge is -2.00. The molecular formula is C17H12N4O3S. The summed E-state index contributed by atoms with van der Waals surface area (Å²) in [7, 11) is 1.96. The fourth-order valence-electron chi connectivity index (χ4n) is 3.04. The van der Waals surface area contributed by atoms with E-state index in [-0.39, 0.29) is 12.7 Å². The zero-order chi connectivity index (χ0) is 17.0. The van der Waals surface area contributed by atoms with Gasteiger partial charge in [-0.1, -0.05) is 0 Å². The third kappa shape index (κ3) is 2.14. The summed E-state index contributed by atoms with van der Waals surface area (Å²) in [5.41, 5.74) is 5.50. The number of carbonyl (C=O) groups excluding carboxylic acids is 1. The highest BCUT2D eigenvalue weighted by Crippen LogP contribution is 2.38. The van der Waals surface area contributed by atoms with Crippen LogP contribution in [0.3, 0.4) is 0 Å². The fraction of sp³-hybridized carbons (Fsp3) is 0.118. The minimum Gasteiger partial charge on any atom is -0.454 e. The Labute approximate surface area is 146 Å². The second-order valence-electron chi connectivity index (χ2n) is 5.71. The fourth-order valence-corrected chi connectivity index (χ4v) is 3.68. The largest absolute Gasteiger partial charge is 0.454 e. The van der Waals surface area contributed by atoms with Gasteiger partial charge in [-0.05, 0) is 12.1 Å². The van der Waals surface area contributed by atoms with Crippen LogP contribution in [0.1, 0.15) is 10.6 Å². The maximum absolute atomic E-state index is 12.2. The van der Waals surface area contributed by atoms with Gasteiger partial charge >= 0.3 is 0 Å². The molecule has 0 aliphatic carbocycles. The summed E-state index contributed by atoms with van der Waals surface area (Å²) in [4.78, 5) is 16.5. The molecule has 0 radical (unpaired) electrons. The standard InChI is InChI=1S/C17H12N4O3S/c1-21-7-9(10-5-13-14(6-12(10)21)24-8-23-13)4-11-15(19-20-16(11)22)17-18-2-3-25-17/h2-7H,8H2,1H3,(H,20,22)/b11-4-. The van der Waals surface area contributed by atoms with Crippen LogP contribution in [0, 0.1) is 0 Å². The van der Waals surface area contributed by atoms with Gasteiger partial charge in [0.05, 0.1) is 11.1 Å². The molecule has 25 heavy (non-hydrogen) atoms. The van der Waals surface area contributed by atoms with Gasteiger partial charge in [0.15, 0.2) is 11.5 Å². The smallest absolute Gasteiger partial charge is 0.273 e. The molecule has 3 aromatic rings. The van der Waals surface area contributed by atoms with Crippen LogP contribution < -0.4 is 14.9 Å². The van der Waals surface area contributed by atoms with Crippen molar-refractivity contribution in [1.29, 1.82) is 0 Å². The zero-order valence-corrected chi connectivity index (χ0v) is 14.0. The van der Waals surface area contributed by atoms with Crippen molar-refractivity contribution in [3.8, 4) is 11.5 Å². The molecule has 1 amide bonds. The third-order valence-corrected chi connectivity index (χ3v) is 5.00. The molecule has 0 bridgehead atoms. The Kier molecular flexibility index (Phi) is 2.95. The third-order valence-electron chi connectivity index (χ3n) is 4.22. The topological polar surface area (TPSA) is 77.7 Å². The van der Waals surface area contributed by atoms with Gasteiger partial charge in [0.1, 0.15) is 10.7 Å². The van der Waals surface area contributed by atoms with Gasteiger partial charge in [-0.25, -0.2) is 10.4 Å². The maximum atomic E-state index is 12.2. The van der Waals surface area contributed by atoms with Crippen LogP contribution in [0.5, 0.6) is 11.5 Å². The van der Waals surface area contributed by atoms with Crippen molar-refractivity contribution in [3.63, 3.8) is 0 Å². The van der Waals surface area contributed by atoms with Crippen LogP contribution >= 0.6 is 11.3 Å². The van der Waals surface area contributed by atoms with Crippen molar-refractivity contribution in [3.05, 3.63) is 46.1 Å². The number of amides is 1. The zero-order valence-electron chi connectivity index (χ0n) is 13.1. The number of aromatic nitrogens is 2. The monoisotopic (exact) mass is 352 g/mol. The quantitative estimate of drug-likeness (QED) is 0.718. The van der Waals surface area contributed by atoms with E-state index in [9.17, 15) is 4.79 Å². The summed E-state index contributed by atoms with van der Waals surface area (Å²) in [5.74, 6) is 1.21. The van der Waals surface area contributed by atoms with Crippen molar-refractivity contribution >= 4 is 39.9 Å². The summed E-state index contributed by atoms with van der Waals surface area (Å²) in [6.45, 7) is 0.228. The number of hydrogen-bond donors (Lipinski definition) is 1. The molecule has 1 N–H and O–H groups in total. The lowest BCUT2D eigenvalue weighted by atomic mass is 10.1. The first kappa shape index (κ1) is 14.2. The first-order valence-electron chi connectivity index (χ1n) is 7.59. The van der Waals surface area contributed by atoms with E-state index in [1.807, 2.05) is 41.4 Å². The number of fused-ring (bicyclic) bond motifs is 2. The van der Waals surface area contributed by atoms with E-state index < -0.39 is 0 Å². The summed E-state index contributed by atoms with van der Waals surface area (Å²) in [5, 5.41) is 7.68. The lowest BCUT2D eigenvalue weighted by Crippen LogP contribution is -2.13. The van der Waals surface area contributed by atoms with Crippen molar-refractivity contribution < 1.29 is 14.3 Å². The summed E-state index contributed by atoms with van der Waals surface area (Å²) in [6.07, 6.45) is 5.51. The van der Waals surface area contributed by atoms with Crippen LogP contribution in [0.25, 0.3) is 17.0 Å². The van der Waals surface area contributed by atoms with E-state index in [1.165, 1.54) is 11.3 Å². The minimum atomic E-state index is -0.233. The number of aryl methyl sites for hydroxylation is 1. The number of rotatable bonds is 2. The highest BCUT2D eigenvalue weighted by atomic mass is 32.1. The highest BCUT2D eigenvalue weighted by molar-refractivity contribution is 7.12. The molecule has 2 aliphatic rings. The van der Waals surface area contributed by atoms with Crippen LogP contribution in [-0.4, -0.2) is 28.0 Å². The van der Waals surface area contributed by atoms with Gasteiger partial charge in [-0.2, -0.15) is 5.10 Å². The van der Waals surface area contributed by atoms with Gasteiger partial charge in [0.25, 0.3) is 5.91 Å². The summed E-state index contributed by atoms with van der Waals surface area (Å²) < 4.78 is 12.9. The van der Waals surface area contributed by atoms with E-state index >= 15 is 0 Å². The normalized spacial score (nSPS) is 17.4. The Bertz CT molecular complexity index is 1080. The molecule has 0 atom stereocenters. The number of hydrazone groups is 1. The van der Waals surface area contributed by atoms with Crippen LogP contribution in [0.15, 0.2) is 40.6 Å². The van der Waals surface area contributed by atoms with Crippen molar-refractivity contribution in [2.45, 2.75) is 0 Å². The molecule has 7 nitrogen and oxygen atoms in total. The molecule has 0 fully saturated rings. The van der Waals surface area contributed by atoms with Crippen molar-refractivity contribution in [2.24, 2.45) is 12.1 Å². The van der Waals surface area contributed by atoms with Gasteiger partial charge in [0.2, 0.25) is 6.79 Å². The van der Waals surface area contributed by atoms with Gasteiger partial charge in [-0.3, -0.25) is 4.79 Å². The molecule has 2 aliphatic heterocycles. The average molecular weight is 352 g/mol. The van der Waals surface area contributed by atoms with Gasteiger partial charge in [-0.15, -0.1) is 11.3 Å². The molecule has 0 saturated carbocycles. The highest BCUT2D eigenvalue weighted by Gasteiger charge is 2.26. The molecule has 1 aromatic carbocycles. The number of thiazole rings is 1. The predicted molar refractivity (Wildman–Crippen MR) is 93.8 cm³/mol. The van der Waals surface area contributed by atoms with Crippen molar-refractivity contribution in [1.82, 2.24) is 15.0 Å². The number of hydrogen-bond acceptors (Lipinski definition) is 6. The molecule has 2 aromatic heterocycles. The Morgan fingerprint density at radius 1 is 1.32 bits per heavy atom. The molecule has 4 heterocycles. The number of nitrogens with zero attached hydrogens (tertiary/aromatic N) is 3. The molecule has 0 spiro atoms. The van der Waals surface area contributed by atoms with E-state index in [0.717, 1.165) is 22.2 Å². The predicted octanol–water partition coefficient (Wildman–Crippen LogP) is 2.28. The molecule has 5 rings (SSSR count). The van der Waals surface area contributed by atoms with Crippen LogP contribution in [-0.2, 0) is 11.8 Å². The van der Waals surface area contributed by atoms with E-state index in [0.29, 0.717) is 22.0 Å². The molecular weight excluding hydrogens is 340 g/mol. The number of carbonyl (C=O) groups is 1. The molecule has 0 saturated heterocycles. The molecule has 8 heteroatoms. The minimum absolute atomic E-state index is 0.228. The number of nitrogens with one attached hydrogen (secondary N) is 1. The Balaban J connectivity index is 1.67. The maximum Gasteiger partial charge on any atom is 0.273 e. The second kappa shape index (κ2) is 5.18. The van der Waals surface area contributed by atoms with E-state index in [1.54, 1.807) is 6.20 Å². The van der Waals surface area contributed by atoms with Gasteiger partial charge in [0, 0.05) is 41.8 Å². The first-order valence-corrected chi connectivity index (χ1v) is 8.47. The van der Waals surface area contributed by atoms with Crippen molar-refractivity contribution in [2.75, 3.05) is 6.79 Å². The lowest BCUT2D eigenvalue weighted by molar-refractivity contribution is -0.116. The van der Waals surface area contributed by atoms with Crippen LogP contribution in [0.4, 0.5) is 0 Å². The van der Waals surface area contributed by atoms with E-state index in [4.69, 9.17) is 9.47 Å². The average Bonchev–Trinajstić information content (AvgIpc) is 3.36. The Hall–Kier alpha value is -3.13. The molecule has 0 unspecified atom stereocenters. The first-order chi connectivity index (χ1) is 12.2. The SMILES string of the molecule is Cn1cc(/C=C2\C(=O)NN=C2c2nccs2)c2cc3c(cc21)OCO3. The Morgan fingerprint density at radius 3 is 2.96 bits per heavy atom. The Morgan fingerprint density at radius 2 is 2.16 bits per heavy atom. The van der Waals surface area contributed by atoms with E-state index in [2.05, 4.69) is 15.5 Å². The van der Waals surface area contributed by atoms with Crippen LogP contribution in [0.2, 0.25) is 0 Å². The summed E-state index contributed by atoms with van der Waals surface area (Å²) in [6, 6.07) is 3.89. The second-order valence-corrected chi connectivity index (χ2v) is 6.61. The number of ether oxygens (including phenoxy) is 2. The van der Waals surface area contributed by atoms with Gasteiger partial charge < -0.3 is 14.0 Å². The number of benzene rings is 1. The summed E-state index contributed by atoms with van der Waals surface area (Å²) >= 11 is 1.44.